The first-order valence-corrected chi connectivity index (χ1v) is 14.2. The minimum absolute atomic E-state index is 0.102. The molecular formula is C31H37F6NO4. The zero-order valence-corrected chi connectivity index (χ0v) is 23.9. The van der Waals surface area contributed by atoms with E-state index in [1.165, 1.54) is 6.92 Å². The highest BCUT2D eigenvalue weighted by atomic mass is 19.4. The number of hydrogen-bond donors (Lipinski definition) is 0. The topological polar surface area (TPSA) is 48.0 Å². The van der Waals surface area contributed by atoms with Gasteiger partial charge < -0.3 is 19.1 Å². The highest BCUT2D eigenvalue weighted by Crippen LogP contribution is 2.41. The standard InChI is InChI=1S/C31H37F6NO4/c1-4-41-28(39)29(3)11-8-12-38(19-29)16-23-17-40-18-26(27(23)21-9-6-5-7-10-21)42-20(2)22-13-24(30(32,33)34)15-25(14-22)31(35,36)37/h5-7,9-10,13-15,20,23,26-27H,4,8,11-12,16-19H2,1-3H3/t20-,23?,26-,27-,29-/m1/s1. The van der Waals surface area contributed by atoms with Crippen LogP contribution in [0.5, 0.6) is 0 Å². The van der Waals surface area contributed by atoms with Crippen molar-refractivity contribution >= 4 is 5.97 Å². The van der Waals surface area contributed by atoms with Crippen LogP contribution in [0.1, 0.15) is 67.9 Å². The number of alkyl halides is 6. The van der Waals surface area contributed by atoms with Gasteiger partial charge in [-0.1, -0.05) is 30.3 Å². The van der Waals surface area contributed by atoms with Crippen molar-refractivity contribution < 1.29 is 45.3 Å². The maximum atomic E-state index is 13.5. The summed E-state index contributed by atoms with van der Waals surface area (Å²) in [5.74, 6) is -0.579. The third-order valence-corrected chi connectivity index (χ3v) is 8.20. The minimum Gasteiger partial charge on any atom is -0.466 e. The van der Waals surface area contributed by atoms with Crippen LogP contribution in [0.3, 0.4) is 0 Å². The van der Waals surface area contributed by atoms with Crippen LogP contribution in [-0.4, -0.2) is 56.4 Å². The molecule has 0 amide bonds. The average molecular weight is 602 g/mol. The zero-order valence-electron chi connectivity index (χ0n) is 23.9. The third-order valence-electron chi connectivity index (χ3n) is 8.20. The molecule has 0 bridgehead atoms. The van der Waals surface area contributed by atoms with Crippen molar-refractivity contribution in [2.45, 2.75) is 64.1 Å². The predicted octanol–water partition coefficient (Wildman–Crippen LogP) is 7.27. The summed E-state index contributed by atoms with van der Waals surface area (Å²) < 4.78 is 98.5. The van der Waals surface area contributed by atoms with Crippen molar-refractivity contribution in [3.05, 3.63) is 70.8 Å². The highest BCUT2D eigenvalue weighted by Gasteiger charge is 2.43. The van der Waals surface area contributed by atoms with Gasteiger partial charge in [-0.25, -0.2) is 0 Å². The third kappa shape index (κ3) is 7.65. The number of nitrogens with zero attached hydrogens (tertiary/aromatic N) is 1. The monoisotopic (exact) mass is 601 g/mol. The van der Waals surface area contributed by atoms with Crippen molar-refractivity contribution in [2.24, 2.45) is 11.3 Å². The molecule has 0 N–H and O–H groups in total. The summed E-state index contributed by atoms with van der Waals surface area (Å²) in [7, 11) is 0. The van der Waals surface area contributed by atoms with E-state index in [2.05, 4.69) is 4.90 Å². The van der Waals surface area contributed by atoms with Crippen LogP contribution in [0, 0.1) is 11.3 Å². The number of ether oxygens (including phenoxy) is 3. The number of rotatable bonds is 8. The molecule has 2 saturated heterocycles. The summed E-state index contributed by atoms with van der Waals surface area (Å²) in [4.78, 5) is 14.9. The van der Waals surface area contributed by atoms with Crippen molar-refractivity contribution in [1.82, 2.24) is 4.90 Å². The molecule has 0 aromatic heterocycles. The van der Waals surface area contributed by atoms with Crippen molar-refractivity contribution in [3.63, 3.8) is 0 Å². The van der Waals surface area contributed by atoms with Crippen LogP contribution in [0.15, 0.2) is 48.5 Å². The van der Waals surface area contributed by atoms with E-state index >= 15 is 0 Å². The summed E-state index contributed by atoms with van der Waals surface area (Å²) in [5.41, 5.74) is -2.68. The maximum Gasteiger partial charge on any atom is 0.416 e. The number of piperidine rings is 1. The van der Waals surface area contributed by atoms with E-state index in [0.717, 1.165) is 18.5 Å². The Labute approximate surface area is 242 Å². The fourth-order valence-electron chi connectivity index (χ4n) is 6.16. The van der Waals surface area contributed by atoms with Gasteiger partial charge in [0.2, 0.25) is 0 Å². The average Bonchev–Trinajstić information content (AvgIpc) is 2.92. The first-order chi connectivity index (χ1) is 19.7. The molecule has 2 aromatic rings. The van der Waals surface area contributed by atoms with Crippen LogP contribution >= 0.6 is 0 Å². The predicted molar refractivity (Wildman–Crippen MR) is 144 cm³/mol. The van der Waals surface area contributed by atoms with Crippen molar-refractivity contribution in [3.8, 4) is 0 Å². The fourth-order valence-corrected chi connectivity index (χ4v) is 6.16. The Hall–Kier alpha value is -2.63. The lowest BCUT2D eigenvalue weighted by molar-refractivity contribution is -0.158. The van der Waals surface area contributed by atoms with E-state index in [0.29, 0.717) is 44.9 Å². The van der Waals surface area contributed by atoms with Crippen LogP contribution in [-0.2, 0) is 31.4 Å². The first-order valence-electron chi connectivity index (χ1n) is 14.2. The Bertz CT molecular complexity index is 1170. The molecule has 2 fully saturated rings. The van der Waals surface area contributed by atoms with E-state index in [1.54, 1.807) is 6.92 Å². The quantitative estimate of drug-likeness (QED) is 0.235. The van der Waals surface area contributed by atoms with E-state index < -0.39 is 41.1 Å². The Balaban J connectivity index is 1.59. The van der Waals surface area contributed by atoms with Crippen LogP contribution in [0.4, 0.5) is 26.3 Å². The highest BCUT2D eigenvalue weighted by molar-refractivity contribution is 5.76. The summed E-state index contributed by atoms with van der Waals surface area (Å²) in [5, 5.41) is 0. The SMILES string of the molecule is CCOC(=O)[C@]1(C)CCCN(CC2COC[C@@H](O[C@H](C)c3cc(C(F)(F)F)cc(C(F)(F)F)c3)[C@@H]2c2ccccc2)C1. The molecule has 42 heavy (non-hydrogen) atoms. The van der Waals surface area contributed by atoms with Gasteiger partial charge in [-0.15, -0.1) is 0 Å². The largest absolute Gasteiger partial charge is 0.466 e. The summed E-state index contributed by atoms with van der Waals surface area (Å²) in [6.07, 6.45) is -10.1. The van der Waals surface area contributed by atoms with Gasteiger partial charge in [-0.05, 0) is 69.5 Å². The van der Waals surface area contributed by atoms with Gasteiger partial charge in [0, 0.05) is 24.9 Å². The van der Waals surface area contributed by atoms with Gasteiger partial charge in [0.15, 0.2) is 0 Å². The molecule has 2 aliphatic heterocycles. The van der Waals surface area contributed by atoms with E-state index in [1.807, 2.05) is 37.3 Å². The van der Waals surface area contributed by atoms with Crippen LogP contribution < -0.4 is 0 Å². The number of halogens is 6. The lowest BCUT2D eigenvalue weighted by atomic mass is 9.78. The Morgan fingerprint density at radius 3 is 2.29 bits per heavy atom. The van der Waals surface area contributed by atoms with Gasteiger partial charge in [0.1, 0.15) is 0 Å². The van der Waals surface area contributed by atoms with Gasteiger partial charge in [-0.2, -0.15) is 26.3 Å². The molecule has 4 rings (SSSR count). The number of esters is 1. The van der Waals surface area contributed by atoms with E-state index in [-0.39, 0.29) is 36.0 Å². The van der Waals surface area contributed by atoms with Crippen molar-refractivity contribution in [1.29, 1.82) is 0 Å². The maximum absolute atomic E-state index is 13.5. The molecule has 232 valence electrons. The molecule has 5 nitrogen and oxygen atoms in total. The van der Waals surface area contributed by atoms with Gasteiger partial charge in [0.25, 0.3) is 0 Å². The fraction of sp³-hybridized carbons (Fsp3) is 0.581. The lowest BCUT2D eigenvalue weighted by Gasteiger charge is -2.44. The van der Waals surface area contributed by atoms with Gasteiger partial charge in [-0.3, -0.25) is 4.79 Å². The molecule has 0 aliphatic carbocycles. The van der Waals surface area contributed by atoms with Crippen LogP contribution in [0.25, 0.3) is 0 Å². The molecule has 2 aliphatic rings. The summed E-state index contributed by atoms with van der Waals surface area (Å²) in [6.45, 7) is 7.82. The Morgan fingerprint density at radius 2 is 1.69 bits per heavy atom. The molecule has 5 atom stereocenters. The molecule has 0 spiro atoms. The Kier molecular flexibility index (Phi) is 9.94. The summed E-state index contributed by atoms with van der Waals surface area (Å²) in [6, 6.07) is 11.0. The first kappa shape index (κ1) is 32.3. The molecule has 1 unspecified atom stereocenters. The molecule has 0 saturated carbocycles. The van der Waals surface area contributed by atoms with E-state index in [4.69, 9.17) is 14.2 Å². The molecular weight excluding hydrogens is 564 g/mol. The second kappa shape index (κ2) is 12.9. The molecule has 0 radical (unpaired) electrons. The van der Waals surface area contributed by atoms with Gasteiger partial charge in [0.05, 0.1) is 48.6 Å². The molecule has 2 aromatic carbocycles. The number of carbonyl (C=O) groups is 1. The minimum atomic E-state index is -4.95. The number of likely N-dealkylation sites (tertiary alicyclic amines) is 1. The second-order valence-electron chi connectivity index (χ2n) is 11.5. The molecule has 2 heterocycles. The van der Waals surface area contributed by atoms with E-state index in [9.17, 15) is 31.1 Å². The lowest BCUT2D eigenvalue weighted by Crippen LogP contribution is -2.51. The summed E-state index contributed by atoms with van der Waals surface area (Å²) >= 11 is 0. The number of carbonyl (C=O) groups excluding carboxylic acids is 1. The smallest absolute Gasteiger partial charge is 0.416 e. The zero-order chi connectivity index (χ0) is 30.7. The van der Waals surface area contributed by atoms with Crippen molar-refractivity contribution in [2.75, 3.05) is 39.5 Å². The normalized spacial score (nSPS) is 26.5. The number of hydrogen-bond acceptors (Lipinski definition) is 5. The molecule has 11 heteroatoms. The second-order valence-corrected chi connectivity index (χ2v) is 11.5. The Morgan fingerprint density at radius 1 is 1.05 bits per heavy atom. The van der Waals surface area contributed by atoms with Gasteiger partial charge >= 0.3 is 18.3 Å². The van der Waals surface area contributed by atoms with Crippen LogP contribution in [0.2, 0.25) is 0 Å². The number of benzene rings is 2.